The fourth-order valence-corrected chi connectivity index (χ4v) is 3.81. The van der Waals surface area contributed by atoms with Crippen LogP contribution in [0.25, 0.3) is 0 Å². The van der Waals surface area contributed by atoms with Gasteiger partial charge in [0.2, 0.25) is 5.91 Å². The van der Waals surface area contributed by atoms with E-state index in [0.717, 1.165) is 18.8 Å². The molecule has 16 heavy (non-hydrogen) atoms. The van der Waals surface area contributed by atoms with Gasteiger partial charge in [0.05, 0.1) is 0 Å². The summed E-state index contributed by atoms with van der Waals surface area (Å²) >= 11 is 0. The van der Waals surface area contributed by atoms with Gasteiger partial charge >= 0.3 is 0 Å². The predicted octanol–water partition coefficient (Wildman–Crippen LogP) is 3.26. The minimum atomic E-state index is 0.293. The highest BCUT2D eigenvalue weighted by Crippen LogP contribution is 2.46. The first kappa shape index (κ1) is 11.9. The van der Waals surface area contributed by atoms with Crippen molar-refractivity contribution in [3.05, 3.63) is 0 Å². The summed E-state index contributed by atoms with van der Waals surface area (Å²) in [7, 11) is 0. The predicted molar refractivity (Wildman–Crippen MR) is 66.1 cm³/mol. The van der Waals surface area contributed by atoms with Gasteiger partial charge in [0.1, 0.15) is 0 Å². The average Bonchev–Trinajstić information content (AvgIpc) is 2.46. The third kappa shape index (κ3) is 2.11. The molecule has 2 nitrogen and oxygen atoms in total. The number of rotatable bonds is 2. The lowest BCUT2D eigenvalue weighted by Gasteiger charge is -2.32. The van der Waals surface area contributed by atoms with Crippen LogP contribution < -0.4 is 5.32 Å². The molecule has 2 heteroatoms. The highest BCUT2D eigenvalue weighted by Gasteiger charge is 2.46. The van der Waals surface area contributed by atoms with Crippen molar-refractivity contribution < 1.29 is 4.79 Å². The van der Waals surface area contributed by atoms with E-state index in [1.54, 1.807) is 0 Å². The summed E-state index contributed by atoms with van der Waals surface area (Å²) < 4.78 is 0. The molecule has 92 valence electrons. The van der Waals surface area contributed by atoms with E-state index in [1.807, 2.05) is 0 Å². The van der Waals surface area contributed by atoms with Crippen molar-refractivity contribution >= 4 is 5.91 Å². The first-order valence-corrected chi connectivity index (χ1v) is 6.99. The van der Waals surface area contributed by atoms with E-state index >= 15 is 0 Å². The Labute approximate surface area is 99.2 Å². The summed E-state index contributed by atoms with van der Waals surface area (Å²) in [6.07, 6.45) is 9.77. The van der Waals surface area contributed by atoms with Crippen LogP contribution in [-0.2, 0) is 4.79 Å². The zero-order valence-corrected chi connectivity index (χ0v) is 10.7. The van der Waals surface area contributed by atoms with Crippen LogP contribution in [-0.4, -0.2) is 11.9 Å². The summed E-state index contributed by atoms with van der Waals surface area (Å²) in [5, 5.41) is 3.19. The molecular weight excluding hydrogens is 198 g/mol. The summed E-state index contributed by atoms with van der Waals surface area (Å²) in [5.74, 6) is 1.20. The lowest BCUT2D eigenvalue weighted by molar-refractivity contribution is -0.119. The molecule has 1 N–H and O–H groups in total. The molecule has 3 atom stereocenters. The maximum Gasteiger partial charge on any atom is 0.220 e. The zero-order valence-electron chi connectivity index (χ0n) is 10.7. The molecule has 0 radical (unpaired) electrons. The van der Waals surface area contributed by atoms with Crippen LogP contribution in [0.2, 0.25) is 0 Å². The number of nitrogens with one attached hydrogen (secondary N) is 1. The number of carbonyl (C=O) groups is 1. The Morgan fingerprint density at radius 3 is 2.75 bits per heavy atom. The Morgan fingerprint density at radius 2 is 2.06 bits per heavy atom. The summed E-state index contributed by atoms with van der Waals surface area (Å²) in [4.78, 5) is 11.6. The summed E-state index contributed by atoms with van der Waals surface area (Å²) in [6, 6.07) is 0.454. The molecule has 1 saturated carbocycles. The van der Waals surface area contributed by atoms with Crippen LogP contribution in [0.15, 0.2) is 0 Å². The van der Waals surface area contributed by atoms with Crippen LogP contribution in [0.4, 0.5) is 0 Å². The molecule has 0 bridgehead atoms. The fraction of sp³-hybridized carbons (Fsp3) is 0.929. The van der Waals surface area contributed by atoms with Crippen molar-refractivity contribution in [2.24, 2.45) is 11.3 Å². The van der Waals surface area contributed by atoms with Crippen LogP contribution in [0.3, 0.4) is 0 Å². The van der Waals surface area contributed by atoms with Gasteiger partial charge in [-0.25, -0.2) is 0 Å². The second-order valence-corrected chi connectivity index (χ2v) is 5.77. The second kappa shape index (κ2) is 4.77. The molecule has 1 amide bonds. The largest absolute Gasteiger partial charge is 0.353 e. The molecule has 1 aliphatic heterocycles. The monoisotopic (exact) mass is 223 g/mol. The van der Waals surface area contributed by atoms with Gasteiger partial charge < -0.3 is 5.32 Å². The maximum atomic E-state index is 11.6. The molecule has 2 aliphatic rings. The van der Waals surface area contributed by atoms with Crippen LogP contribution in [0.1, 0.15) is 65.2 Å². The molecule has 3 unspecified atom stereocenters. The molecule has 1 aliphatic carbocycles. The first-order chi connectivity index (χ1) is 7.70. The molecule has 1 saturated heterocycles. The Balaban J connectivity index is 2.08. The second-order valence-electron chi connectivity index (χ2n) is 5.77. The molecule has 0 aromatic heterocycles. The Morgan fingerprint density at radius 1 is 1.25 bits per heavy atom. The van der Waals surface area contributed by atoms with Gasteiger partial charge in [-0.15, -0.1) is 0 Å². The zero-order chi connectivity index (χ0) is 11.6. The van der Waals surface area contributed by atoms with E-state index < -0.39 is 0 Å². The summed E-state index contributed by atoms with van der Waals surface area (Å²) in [6.45, 7) is 4.51. The van der Waals surface area contributed by atoms with Gasteiger partial charge in [-0.3, -0.25) is 4.79 Å². The Bertz CT molecular complexity index is 263. The van der Waals surface area contributed by atoms with Crippen molar-refractivity contribution in [1.29, 1.82) is 0 Å². The Kier molecular flexibility index (Phi) is 3.56. The molecule has 1 heterocycles. The highest BCUT2D eigenvalue weighted by molar-refractivity contribution is 5.80. The molecule has 1 spiro atoms. The van der Waals surface area contributed by atoms with E-state index in [-0.39, 0.29) is 0 Å². The third-order valence-electron chi connectivity index (χ3n) is 4.91. The normalized spacial score (nSPS) is 39.8. The van der Waals surface area contributed by atoms with E-state index in [0.29, 0.717) is 17.4 Å². The smallest absolute Gasteiger partial charge is 0.220 e. The number of carbonyl (C=O) groups excluding carboxylic acids is 1. The number of amides is 1. The van der Waals surface area contributed by atoms with Gasteiger partial charge in [-0.05, 0) is 37.0 Å². The van der Waals surface area contributed by atoms with E-state index in [9.17, 15) is 4.79 Å². The van der Waals surface area contributed by atoms with Gasteiger partial charge in [0, 0.05) is 12.5 Å². The third-order valence-corrected chi connectivity index (χ3v) is 4.91. The fourth-order valence-electron chi connectivity index (χ4n) is 3.81. The van der Waals surface area contributed by atoms with Gasteiger partial charge in [0.15, 0.2) is 0 Å². The Hall–Kier alpha value is -0.530. The minimum absolute atomic E-state index is 0.293. The van der Waals surface area contributed by atoms with Gasteiger partial charge in [-0.2, -0.15) is 0 Å². The van der Waals surface area contributed by atoms with Gasteiger partial charge in [-0.1, -0.05) is 33.1 Å². The SMILES string of the molecule is CCC1CCCC2(CC1)CC(=O)NC2CC. The highest BCUT2D eigenvalue weighted by atomic mass is 16.2. The van der Waals surface area contributed by atoms with Crippen LogP contribution in [0.5, 0.6) is 0 Å². The van der Waals surface area contributed by atoms with Crippen molar-refractivity contribution in [3.63, 3.8) is 0 Å². The van der Waals surface area contributed by atoms with Gasteiger partial charge in [0.25, 0.3) is 0 Å². The van der Waals surface area contributed by atoms with Crippen molar-refractivity contribution in [2.45, 2.75) is 71.3 Å². The molecule has 2 fully saturated rings. The molecule has 0 aromatic carbocycles. The molecular formula is C14H25NO. The topological polar surface area (TPSA) is 29.1 Å². The van der Waals surface area contributed by atoms with Crippen molar-refractivity contribution in [1.82, 2.24) is 5.32 Å². The number of hydrogen-bond acceptors (Lipinski definition) is 1. The maximum absolute atomic E-state index is 11.6. The summed E-state index contributed by atoms with van der Waals surface area (Å²) in [5.41, 5.74) is 0.315. The quantitative estimate of drug-likeness (QED) is 0.765. The van der Waals surface area contributed by atoms with Crippen LogP contribution >= 0.6 is 0 Å². The average molecular weight is 223 g/mol. The lowest BCUT2D eigenvalue weighted by Crippen LogP contribution is -2.36. The lowest BCUT2D eigenvalue weighted by atomic mass is 9.73. The van der Waals surface area contributed by atoms with E-state index in [4.69, 9.17) is 0 Å². The molecule has 0 aromatic rings. The first-order valence-electron chi connectivity index (χ1n) is 6.99. The number of hydrogen-bond donors (Lipinski definition) is 1. The minimum Gasteiger partial charge on any atom is -0.353 e. The standard InChI is InChI=1S/C14H25NO/c1-3-11-6-5-8-14(9-7-11)10-13(16)15-12(14)4-2/h11-12H,3-10H2,1-2H3,(H,15,16). The van der Waals surface area contributed by atoms with E-state index in [2.05, 4.69) is 19.2 Å². The van der Waals surface area contributed by atoms with Crippen LogP contribution in [0, 0.1) is 11.3 Å². The van der Waals surface area contributed by atoms with Crippen molar-refractivity contribution in [2.75, 3.05) is 0 Å². The van der Waals surface area contributed by atoms with Crippen molar-refractivity contribution in [3.8, 4) is 0 Å². The van der Waals surface area contributed by atoms with E-state index in [1.165, 1.54) is 38.5 Å². The molecule has 2 rings (SSSR count).